The third-order valence-corrected chi connectivity index (χ3v) is 2.24. The lowest BCUT2D eigenvalue weighted by atomic mass is 10.1. The van der Waals surface area contributed by atoms with Crippen LogP contribution in [0.3, 0.4) is 0 Å². The first-order valence-corrected chi connectivity index (χ1v) is 4.21. The van der Waals surface area contributed by atoms with Gasteiger partial charge < -0.3 is 5.32 Å². The summed E-state index contributed by atoms with van der Waals surface area (Å²) in [6.45, 7) is 2.02. The molecule has 1 aromatic rings. The van der Waals surface area contributed by atoms with E-state index in [2.05, 4.69) is 5.32 Å². The maximum absolute atomic E-state index is 10.6. The SMILES string of the molecule is C[C@H]1Cc2cccc([N+](=O)[O-])c2N1. The molecule has 1 aliphatic rings. The summed E-state index contributed by atoms with van der Waals surface area (Å²) in [5, 5.41) is 13.7. The van der Waals surface area contributed by atoms with Crippen LogP contribution in [0.2, 0.25) is 0 Å². The third-order valence-electron chi connectivity index (χ3n) is 2.24. The van der Waals surface area contributed by atoms with Crippen molar-refractivity contribution < 1.29 is 4.92 Å². The Morgan fingerprint density at radius 2 is 2.38 bits per heavy atom. The van der Waals surface area contributed by atoms with Crippen LogP contribution in [-0.4, -0.2) is 11.0 Å². The number of nitrogens with zero attached hydrogens (tertiary/aromatic N) is 1. The molecule has 1 N–H and O–H groups in total. The Kier molecular flexibility index (Phi) is 1.69. The molecule has 1 atom stereocenters. The number of hydrogen-bond donors (Lipinski definition) is 1. The molecule has 13 heavy (non-hydrogen) atoms. The molecule has 0 saturated carbocycles. The Hall–Kier alpha value is -1.58. The monoisotopic (exact) mass is 178 g/mol. The van der Waals surface area contributed by atoms with E-state index in [-0.39, 0.29) is 10.6 Å². The molecule has 1 aromatic carbocycles. The second kappa shape index (κ2) is 2.73. The van der Waals surface area contributed by atoms with Crippen molar-refractivity contribution in [3.05, 3.63) is 33.9 Å². The van der Waals surface area contributed by atoms with Crippen molar-refractivity contribution >= 4 is 11.4 Å². The molecule has 0 fully saturated rings. The zero-order valence-electron chi connectivity index (χ0n) is 7.28. The van der Waals surface area contributed by atoms with E-state index in [4.69, 9.17) is 0 Å². The molecule has 0 saturated heterocycles. The fourth-order valence-corrected chi connectivity index (χ4v) is 1.70. The number of para-hydroxylation sites is 1. The van der Waals surface area contributed by atoms with Crippen molar-refractivity contribution in [2.75, 3.05) is 5.32 Å². The highest BCUT2D eigenvalue weighted by Crippen LogP contribution is 2.34. The number of fused-ring (bicyclic) bond motifs is 1. The van der Waals surface area contributed by atoms with E-state index in [1.54, 1.807) is 6.07 Å². The third kappa shape index (κ3) is 1.24. The maximum atomic E-state index is 10.6. The first kappa shape index (κ1) is 8.04. The van der Waals surface area contributed by atoms with E-state index in [9.17, 15) is 10.1 Å². The molecule has 0 amide bonds. The number of benzene rings is 1. The first-order chi connectivity index (χ1) is 6.18. The molecule has 1 aliphatic heterocycles. The van der Waals surface area contributed by atoms with Crippen molar-refractivity contribution in [1.29, 1.82) is 0 Å². The van der Waals surface area contributed by atoms with Gasteiger partial charge in [0.1, 0.15) is 5.69 Å². The zero-order chi connectivity index (χ0) is 9.42. The van der Waals surface area contributed by atoms with Gasteiger partial charge in [0, 0.05) is 12.1 Å². The second-order valence-corrected chi connectivity index (χ2v) is 3.32. The summed E-state index contributed by atoms with van der Waals surface area (Å²) >= 11 is 0. The van der Waals surface area contributed by atoms with Crippen LogP contribution in [0.5, 0.6) is 0 Å². The van der Waals surface area contributed by atoms with E-state index in [1.165, 1.54) is 6.07 Å². The summed E-state index contributed by atoms with van der Waals surface area (Å²) in [5.74, 6) is 0. The van der Waals surface area contributed by atoms with Gasteiger partial charge in [-0.3, -0.25) is 10.1 Å². The van der Waals surface area contributed by atoms with Crippen LogP contribution in [0.4, 0.5) is 11.4 Å². The van der Waals surface area contributed by atoms with Gasteiger partial charge in [-0.05, 0) is 18.9 Å². The Labute approximate surface area is 75.7 Å². The van der Waals surface area contributed by atoms with Crippen LogP contribution in [0.25, 0.3) is 0 Å². The summed E-state index contributed by atoms with van der Waals surface area (Å²) in [6, 6.07) is 5.50. The van der Waals surface area contributed by atoms with Crippen molar-refractivity contribution in [3.8, 4) is 0 Å². The molecule has 0 spiro atoms. The highest BCUT2D eigenvalue weighted by molar-refractivity contribution is 5.69. The maximum Gasteiger partial charge on any atom is 0.292 e. The van der Waals surface area contributed by atoms with Gasteiger partial charge >= 0.3 is 0 Å². The van der Waals surface area contributed by atoms with Crippen LogP contribution in [0, 0.1) is 10.1 Å². The largest absolute Gasteiger partial charge is 0.376 e. The van der Waals surface area contributed by atoms with E-state index in [1.807, 2.05) is 13.0 Å². The van der Waals surface area contributed by atoms with Gasteiger partial charge in [-0.1, -0.05) is 12.1 Å². The standard InChI is InChI=1S/C9H10N2O2/c1-6-5-7-3-2-4-8(11(12)13)9(7)10-6/h2-4,6,10H,5H2,1H3/t6-/m0/s1. The molecule has 1 heterocycles. The molecule has 0 radical (unpaired) electrons. The fraction of sp³-hybridized carbons (Fsp3) is 0.333. The van der Waals surface area contributed by atoms with Crippen molar-refractivity contribution in [1.82, 2.24) is 0 Å². The Balaban J connectivity index is 2.51. The Morgan fingerprint density at radius 3 is 3.08 bits per heavy atom. The summed E-state index contributed by atoms with van der Waals surface area (Å²) in [7, 11) is 0. The second-order valence-electron chi connectivity index (χ2n) is 3.32. The van der Waals surface area contributed by atoms with E-state index in [0.29, 0.717) is 11.7 Å². The quantitative estimate of drug-likeness (QED) is 0.528. The molecule has 4 heteroatoms. The molecule has 0 bridgehead atoms. The van der Waals surface area contributed by atoms with Gasteiger partial charge in [-0.25, -0.2) is 0 Å². The Morgan fingerprint density at radius 1 is 1.62 bits per heavy atom. The van der Waals surface area contributed by atoms with E-state index in [0.717, 1.165) is 12.0 Å². The number of nitro benzene ring substituents is 1. The summed E-state index contributed by atoms with van der Waals surface area (Å²) in [5.41, 5.74) is 1.92. The molecule has 4 nitrogen and oxygen atoms in total. The minimum Gasteiger partial charge on any atom is -0.376 e. The first-order valence-electron chi connectivity index (χ1n) is 4.21. The van der Waals surface area contributed by atoms with Crippen molar-refractivity contribution in [3.63, 3.8) is 0 Å². The summed E-state index contributed by atoms with van der Waals surface area (Å²) in [4.78, 5) is 10.3. The number of hydrogen-bond acceptors (Lipinski definition) is 3. The molecule has 0 unspecified atom stereocenters. The minimum absolute atomic E-state index is 0.182. The smallest absolute Gasteiger partial charge is 0.292 e. The number of nitrogens with one attached hydrogen (secondary N) is 1. The van der Waals surface area contributed by atoms with Crippen molar-refractivity contribution in [2.24, 2.45) is 0 Å². The molecule has 2 rings (SSSR count). The van der Waals surface area contributed by atoms with Gasteiger partial charge in [0.05, 0.1) is 4.92 Å². The van der Waals surface area contributed by atoms with Crippen LogP contribution < -0.4 is 5.32 Å². The van der Waals surface area contributed by atoms with Gasteiger partial charge in [0.2, 0.25) is 0 Å². The average Bonchev–Trinajstić information content (AvgIpc) is 2.43. The predicted octanol–water partition coefficient (Wildman–Crippen LogP) is 1.95. The Bertz CT molecular complexity index is 363. The molecule has 68 valence electrons. The molecular formula is C9H10N2O2. The highest BCUT2D eigenvalue weighted by atomic mass is 16.6. The van der Waals surface area contributed by atoms with Crippen LogP contribution in [0.15, 0.2) is 18.2 Å². The normalized spacial score (nSPS) is 19.3. The number of rotatable bonds is 1. The fourth-order valence-electron chi connectivity index (χ4n) is 1.70. The van der Waals surface area contributed by atoms with E-state index >= 15 is 0 Å². The van der Waals surface area contributed by atoms with Gasteiger partial charge in [0.25, 0.3) is 5.69 Å². The molecular weight excluding hydrogens is 168 g/mol. The average molecular weight is 178 g/mol. The summed E-state index contributed by atoms with van der Waals surface area (Å²) in [6.07, 6.45) is 0.872. The van der Waals surface area contributed by atoms with E-state index < -0.39 is 0 Å². The topological polar surface area (TPSA) is 55.2 Å². The lowest BCUT2D eigenvalue weighted by Gasteiger charge is -2.02. The highest BCUT2D eigenvalue weighted by Gasteiger charge is 2.24. The lowest BCUT2D eigenvalue weighted by Crippen LogP contribution is -2.09. The zero-order valence-corrected chi connectivity index (χ0v) is 7.28. The molecule has 0 aromatic heterocycles. The van der Waals surface area contributed by atoms with Crippen LogP contribution in [0.1, 0.15) is 12.5 Å². The number of nitro groups is 1. The van der Waals surface area contributed by atoms with Crippen molar-refractivity contribution in [2.45, 2.75) is 19.4 Å². The van der Waals surface area contributed by atoms with Gasteiger partial charge in [0.15, 0.2) is 0 Å². The predicted molar refractivity (Wildman–Crippen MR) is 49.9 cm³/mol. The minimum atomic E-state index is -0.343. The van der Waals surface area contributed by atoms with Gasteiger partial charge in [-0.15, -0.1) is 0 Å². The molecule has 0 aliphatic carbocycles. The van der Waals surface area contributed by atoms with Crippen LogP contribution in [-0.2, 0) is 6.42 Å². The number of anilines is 1. The van der Waals surface area contributed by atoms with Gasteiger partial charge in [-0.2, -0.15) is 0 Å². The summed E-state index contributed by atoms with van der Waals surface area (Å²) < 4.78 is 0. The lowest BCUT2D eigenvalue weighted by molar-refractivity contribution is -0.383. The van der Waals surface area contributed by atoms with Crippen LogP contribution >= 0.6 is 0 Å².